The Balaban J connectivity index is 2.73. The van der Waals surface area contributed by atoms with Gasteiger partial charge in [0.2, 0.25) is 0 Å². The summed E-state index contributed by atoms with van der Waals surface area (Å²) in [7, 11) is 0. The first-order valence-electron chi connectivity index (χ1n) is 3.83. The normalized spacial score (nSPS) is 10.0. The molecule has 0 atom stereocenters. The lowest BCUT2D eigenvalue weighted by atomic mass is 10.3. The van der Waals surface area contributed by atoms with Crippen LogP contribution in [0.1, 0.15) is 36.6 Å². The topological polar surface area (TPSA) is 30.2 Å². The van der Waals surface area contributed by atoms with Gasteiger partial charge in [0.15, 0.2) is 11.5 Å². The molecule has 11 heavy (non-hydrogen) atoms. The average Bonchev–Trinajstić information content (AvgIpc) is 2.37. The number of furan rings is 1. The molecular formula is C9H12O2. The van der Waals surface area contributed by atoms with E-state index in [4.69, 9.17) is 4.42 Å². The van der Waals surface area contributed by atoms with Gasteiger partial charge in [-0.15, -0.1) is 0 Å². The zero-order chi connectivity index (χ0) is 8.27. The van der Waals surface area contributed by atoms with Gasteiger partial charge in [-0.2, -0.15) is 0 Å². The van der Waals surface area contributed by atoms with Gasteiger partial charge in [0.05, 0.1) is 0 Å². The van der Waals surface area contributed by atoms with Crippen LogP contribution in [0.2, 0.25) is 0 Å². The summed E-state index contributed by atoms with van der Waals surface area (Å²) in [5.41, 5.74) is 0. The molecule has 1 aromatic heterocycles. The summed E-state index contributed by atoms with van der Waals surface area (Å²) < 4.78 is 5.24. The van der Waals surface area contributed by atoms with Crippen LogP contribution >= 0.6 is 0 Å². The molecule has 0 saturated carbocycles. The van der Waals surface area contributed by atoms with Crippen LogP contribution in [-0.4, -0.2) is 5.78 Å². The minimum absolute atomic E-state index is 0.00708. The van der Waals surface area contributed by atoms with Gasteiger partial charge in [-0.05, 0) is 18.6 Å². The van der Waals surface area contributed by atoms with Crippen molar-refractivity contribution in [1.82, 2.24) is 0 Å². The van der Waals surface area contributed by atoms with Crippen molar-refractivity contribution in [2.24, 2.45) is 0 Å². The van der Waals surface area contributed by atoms with Crippen molar-refractivity contribution in [2.75, 3.05) is 0 Å². The zero-order valence-electron chi connectivity index (χ0n) is 6.89. The van der Waals surface area contributed by atoms with Gasteiger partial charge in [0.1, 0.15) is 5.76 Å². The fourth-order valence-electron chi connectivity index (χ4n) is 0.948. The van der Waals surface area contributed by atoms with E-state index < -0.39 is 0 Å². The number of carbonyl (C=O) groups is 1. The SMILES string of the molecule is CCCc1ccc(C(C)=O)o1. The molecule has 60 valence electrons. The Labute approximate surface area is 66.2 Å². The summed E-state index contributed by atoms with van der Waals surface area (Å²) >= 11 is 0. The molecule has 0 bridgehead atoms. The van der Waals surface area contributed by atoms with Crippen molar-refractivity contribution < 1.29 is 9.21 Å². The van der Waals surface area contributed by atoms with E-state index >= 15 is 0 Å². The lowest BCUT2D eigenvalue weighted by Crippen LogP contribution is -1.86. The van der Waals surface area contributed by atoms with Crippen molar-refractivity contribution in [1.29, 1.82) is 0 Å². The number of hydrogen-bond acceptors (Lipinski definition) is 2. The number of rotatable bonds is 3. The summed E-state index contributed by atoms with van der Waals surface area (Å²) in [6.07, 6.45) is 1.96. The third-order valence-electron chi connectivity index (χ3n) is 1.51. The first-order chi connectivity index (χ1) is 5.24. The van der Waals surface area contributed by atoms with Gasteiger partial charge >= 0.3 is 0 Å². The predicted octanol–water partition coefficient (Wildman–Crippen LogP) is 2.43. The summed E-state index contributed by atoms with van der Waals surface area (Å²) in [5, 5.41) is 0. The van der Waals surface area contributed by atoms with Crippen LogP contribution in [0, 0.1) is 0 Å². The van der Waals surface area contributed by atoms with E-state index in [0.29, 0.717) is 5.76 Å². The molecule has 1 rings (SSSR count). The average molecular weight is 152 g/mol. The molecule has 0 aromatic carbocycles. The number of Topliss-reactive ketones (excluding diaryl/α,β-unsaturated/α-hetero) is 1. The Hall–Kier alpha value is -1.05. The Kier molecular flexibility index (Phi) is 2.47. The second-order valence-corrected chi connectivity index (χ2v) is 2.57. The van der Waals surface area contributed by atoms with E-state index in [1.807, 2.05) is 6.07 Å². The van der Waals surface area contributed by atoms with Crippen LogP contribution < -0.4 is 0 Å². The number of aryl methyl sites for hydroxylation is 1. The molecule has 0 amide bonds. The first-order valence-corrected chi connectivity index (χ1v) is 3.83. The largest absolute Gasteiger partial charge is 0.458 e. The summed E-state index contributed by atoms with van der Waals surface area (Å²) in [5.74, 6) is 1.36. The van der Waals surface area contributed by atoms with Crippen molar-refractivity contribution in [3.63, 3.8) is 0 Å². The molecule has 0 radical (unpaired) electrons. The van der Waals surface area contributed by atoms with Crippen LogP contribution in [0.4, 0.5) is 0 Å². The molecule has 0 aliphatic carbocycles. The monoisotopic (exact) mass is 152 g/mol. The lowest BCUT2D eigenvalue weighted by molar-refractivity contribution is 0.0985. The molecule has 1 heterocycles. The third-order valence-corrected chi connectivity index (χ3v) is 1.51. The first kappa shape index (κ1) is 8.05. The lowest BCUT2D eigenvalue weighted by Gasteiger charge is -1.89. The Morgan fingerprint density at radius 2 is 2.27 bits per heavy atom. The van der Waals surface area contributed by atoms with E-state index in [-0.39, 0.29) is 5.78 Å². The van der Waals surface area contributed by atoms with E-state index in [2.05, 4.69) is 6.92 Å². The molecule has 0 saturated heterocycles. The maximum atomic E-state index is 10.8. The van der Waals surface area contributed by atoms with Crippen LogP contribution in [0.25, 0.3) is 0 Å². The minimum Gasteiger partial charge on any atom is -0.458 e. The Morgan fingerprint density at radius 1 is 1.55 bits per heavy atom. The Bertz CT molecular complexity index is 248. The second kappa shape index (κ2) is 3.37. The van der Waals surface area contributed by atoms with Crippen molar-refractivity contribution in [3.8, 4) is 0 Å². The quantitative estimate of drug-likeness (QED) is 0.622. The van der Waals surface area contributed by atoms with E-state index in [1.165, 1.54) is 6.92 Å². The van der Waals surface area contributed by atoms with Gasteiger partial charge < -0.3 is 4.42 Å². The van der Waals surface area contributed by atoms with Crippen molar-refractivity contribution in [3.05, 3.63) is 23.7 Å². The van der Waals surface area contributed by atoms with Gasteiger partial charge in [0, 0.05) is 13.3 Å². The molecule has 0 spiro atoms. The van der Waals surface area contributed by atoms with Crippen LogP contribution in [-0.2, 0) is 6.42 Å². The van der Waals surface area contributed by atoms with Gasteiger partial charge in [-0.25, -0.2) is 0 Å². The predicted molar refractivity (Wildman–Crippen MR) is 42.7 cm³/mol. The molecule has 0 N–H and O–H groups in total. The summed E-state index contributed by atoms with van der Waals surface area (Å²) in [6, 6.07) is 3.59. The number of carbonyl (C=O) groups excluding carboxylic acids is 1. The van der Waals surface area contributed by atoms with E-state index in [9.17, 15) is 4.79 Å². The highest BCUT2D eigenvalue weighted by Crippen LogP contribution is 2.09. The van der Waals surface area contributed by atoms with E-state index in [0.717, 1.165) is 18.6 Å². The fourth-order valence-corrected chi connectivity index (χ4v) is 0.948. The van der Waals surface area contributed by atoms with Gasteiger partial charge in [-0.1, -0.05) is 6.92 Å². The maximum Gasteiger partial charge on any atom is 0.194 e. The molecule has 2 nitrogen and oxygen atoms in total. The smallest absolute Gasteiger partial charge is 0.194 e. The second-order valence-electron chi connectivity index (χ2n) is 2.57. The van der Waals surface area contributed by atoms with Gasteiger partial charge in [-0.3, -0.25) is 4.79 Å². The third kappa shape index (κ3) is 1.93. The Morgan fingerprint density at radius 3 is 2.73 bits per heavy atom. The molecule has 0 fully saturated rings. The van der Waals surface area contributed by atoms with Gasteiger partial charge in [0.25, 0.3) is 0 Å². The van der Waals surface area contributed by atoms with Crippen LogP contribution in [0.15, 0.2) is 16.5 Å². The molecule has 2 heteroatoms. The van der Waals surface area contributed by atoms with Crippen LogP contribution in [0.5, 0.6) is 0 Å². The number of ketones is 1. The molecular weight excluding hydrogens is 140 g/mol. The van der Waals surface area contributed by atoms with Crippen molar-refractivity contribution in [2.45, 2.75) is 26.7 Å². The standard InChI is InChI=1S/C9H12O2/c1-3-4-8-5-6-9(11-8)7(2)10/h5-6H,3-4H2,1-2H3. The molecule has 0 unspecified atom stereocenters. The minimum atomic E-state index is -0.00708. The highest BCUT2D eigenvalue weighted by molar-refractivity contribution is 5.91. The summed E-state index contributed by atoms with van der Waals surface area (Å²) in [6.45, 7) is 3.59. The molecule has 0 aliphatic rings. The zero-order valence-corrected chi connectivity index (χ0v) is 6.89. The van der Waals surface area contributed by atoms with Crippen molar-refractivity contribution >= 4 is 5.78 Å². The highest BCUT2D eigenvalue weighted by Gasteiger charge is 2.04. The highest BCUT2D eigenvalue weighted by atomic mass is 16.3. The molecule has 0 aliphatic heterocycles. The fraction of sp³-hybridized carbons (Fsp3) is 0.444. The maximum absolute atomic E-state index is 10.8. The van der Waals surface area contributed by atoms with E-state index in [1.54, 1.807) is 6.07 Å². The number of hydrogen-bond donors (Lipinski definition) is 0. The molecule has 1 aromatic rings. The van der Waals surface area contributed by atoms with Crippen LogP contribution in [0.3, 0.4) is 0 Å². The summed E-state index contributed by atoms with van der Waals surface area (Å²) in [4.78, 5) is 10.8.